The quantitative estimate of drug-likeness (QED) is 0.551. The number of methoxy groups -OCH3 is 2. The fraction of sp³-hybridized carbons (Fsp3) is 0.826. The summed E-state index contributed by atoms with van der Waals surface area (Å²) in [5.41, 5.74) is 0.0286. The number of ether oxygens (including phenoxy) is 2. The molecule has 0 bridgehead atoms. The zero-order valence-corrected chi connectivity index (χ0v) is 18.6. The van der Waals surface area contributed by atoms with Crippen LogP contribution >= 0.6 is 0 Å². The van der Waals surface area contributed by atoms with E-state index in [1.807, 2.05) is 14.2 Å². The van der Waals surface area contributed by atoms with Gasteiger partial charge in [-0.15, -0.1) is 0 Å². The number of hydrogen-bond donors (Lipinski definition) is 0. The first-order valence-corrected chi connectivity index (χ1v) is 10.9. The van der Waals surface area contributed by atoms with Crippen LogP contribution in [0.3, 0.4) is 0 Å². The van der Waals surface area contributed by atoms with Crippen molar-refractivity contribution in [2.45, 2.75) is 58.8 Å². The minimum absolute atomic E-state index is 0.0684. The van der Waals surface area contributed by atoms with Gasteiger partial charge in [0.2, 0.25) is 0 Å². The molecule has 4 nitrogen and oxygen atoms in total. The van der Waals surface area contributed by atoms with Crippen LogP contribution < -0.4 is 0 Å². The van der Waals surface area contributed by atoms with Crippen LogP contribution in [-0.4, -0.2) is 64.3 Å². The third-order valence-electron chi connectivity index (χ3n) is 6.44. The molecule has 1 aliphatic heterocycles. The number of likely N-dealkylation sites (tertiary alicyclic amines) is 1. The number of hydrogen-bond acceptors (Lipinski definition) is 4. The van der Waals surface area contributed by atoms with Crippen molar-refractivity contribution in [1.29, 1.82) is 0 Å². The highest BCUT2D eigenvalue weighted by Crippen LogP contribution is 2.53. The van der Waals surface area contributed by atoms with Crippen LogP contribution in [0.5, 0.6) is 0 Å². The van der Waals surface area contributed by atoms with Crippen molar-refractivity contribution in [1.82, 2.24) is 9.80 Å². The van der Waals surface area contributed by atoms with E-state index < -0.39 is 0 Å². The Morgan fingerprint density at radius 3 is 1.89 bits per heavy atom. The van der Waals surface area contributed by atoms with Crippen LogP contribution in [0.2, 0.25) is 0 Å². The summed E-state index contributed by atoms with van der Waals surface area (Å²) in [4.78, 5) is 4.89. The Labute approximate surface area is 167 Å². The van der Waals surface area contributed by atoms with E-state index in [4.69, 9.17) is 9.47 Å². The van der Waals surface area contributed by atoms with E-state index in [-0.39, 0.29) is 10.8 Å². The lowest BCUT2D eigenvalue weighted by atomic mass is 9.65. The van der Waals surface area contributed by atoms with Crippen LogP contribution in [0.4, 0.5) is 0 Å². The van der Waals surface area contributed by atoms with Crippen molar-refractivity contribution in [3.05, 3.63) is 23.7 Å². The molecule has 0 radical (unpaired) electrons. The van der Waals surface area contributed by atoms with Crippen LogP contribution in [0.25, 0.3) is 0 Å². The Kier molecular flexibility index (Phi) is 8.23. The van der Waals surface area contributed by atoms with Gasteiger partial charge in [-0.25, -0.2) is 0 Å². The second-order valence-corrected chi connectivity index (χ2v) is 8.74. The van der Waals surface area contributed by atoms with E-state index in [0.717, 1.165) is 63.1 Å². The summed E-state index contributed by atoms with van der Waals surface area (Å²) in [7, 11) is 7.99. The van der Waals surface area contributed by atoms with Gasteiger partial charge in [0, 0.05) is 5.41 Å². The summed E-state index contributed by atoms with van der Waals surface area (Å²) in [6, 6.07) is 0. The van der Waals surface area contributed by atoms with E-state index >= 15 is 0 Å². The van der Waals surface area contributed by atoms with Gasteiger partial charge in [0.25, 0.3) is 0 Å². The van der Waals surface area contributed by atoms with Crippen LogP contribution in [0.1, 0.15) is 58.8 Å². The van der Waals surface area contributed by atoms with Gasteiger partial charge in [-0.2, -0.15) is 0 Å². The molecule has 27 heavy (non-hydrogen) atoms. The van der Waals surface area contributed by atoms with E-state index in [2.05, 4.69) is 49.9 Å². The zero-order chi connectivity index (χ0) is 19.9. The lowest BCUT2D eigenvalue weighted by molar-refractivity contribution is 0.0809. The molecule has 4 heteroatoms. The predicted molar refractivity (Wildman–Crippen MR) is 114 cm³/mol. The van der Waals surface area contributed by atoms with Crippen molar-refractivity contribution >= 4 is 0 Å². The van der Waals surface area contributed by atoms with Gasteiger partial charge < -0.3 is 19.3 Å². The van der Waals surface area contributed by atoms with Gasteiger partial charge in [-0.1, -0.05) is 26.7 Å². The van der Waals surface area contributed by atoms with Gasteiger partial charge in [0.1, 0.15) is 11.5 Å². The van der Waals surface area contributed by atoms with Gasteiger partial charge >= 0.3 is 0 Å². The molecule has 0 aromatic carbocycles. The highest BCUT2D eigenvalue weighted by Gasteiger charge is 2.47. The maximum absolute atomic E-state index is 6.01. The van der Waals surface area contributed by atoms with Gasteiger partial charge in [0.15, 0.2) is 0 Å². The van der Waals surface area contributed by atoms with Gasteiger partial charge in [-0.05, 0) is 84.5 Å². The minimum Gasteiger partial charge on any atom is -0.500 e. The number of allylic oxidation sites excluding steroid dienone is 2. The standard InChI is InChI=1S/C23H42N2O2/c1-7-10-23(11-8-2)20(26-5)18-22(19-21(23)27-6)12-16-25(17-13-22)15-9-14-24(3)4/h18-19H,7-17H2,1-6H3. The molecular weight excluding hydrogens is 336 g/mol. The molecule has 0 N–H and O–H groups in total. The second kappa shape index (κ2) is 9.97. The average molecular weight is 379 g/mol. The van der Waals surface area contributed by atoms with E-state index in [0.29, 0.717) is 0 Å². The minimum atomic E-state index is -0.0684. The summed E-state index contributed by atoms with van der Waals surface area (Å²) < 4.78 is 12.0. The third kappa shape index (κ3) is 5.08. The highest BCUT2D eigenvalue weighted by atomic mass is 16.5. The average Bonchev–Trinajstić information content (AvgIpc) is 2.65. The fourth-order valence-electron chi connectivity index (χ4n) is 5.03. The maximum Gasteiger partial charge on any atom is 0.106 e. The van der Waals surface area contributed by atoms with Gasteiger partial charge in [0.05, 0.1) is 19.6 Å². The van der Waals surface area contributed by atoms with Crippen molar-refractivity contribution in [2.24, 2.45) is 10.8 Å². The topological polar surface area (TPSA) is 24.9 Å². The smallest absolute Gasteiger partial charge is 0.106 e. The summed E-state index contributed by atoms with van der Waals surface area (Å²) in [6.07, 6.45) is 12.9. The highest BCUT2D eigenvalue weighted by molar-refractivity contribution is 5.34. The summed E-state index contributed by atoms with van der Waals surface area (Å²) in [6.45, 7) is 9.19. The molecule has 0 atom stereocenters. The van der Waals surface area contributed by atoms with Gasteiger partial charge in [-0.3, -0.25) is 0 Å². The Balaban J connectivity index is 2.16. The predicted octanol–water partition coefficient (Wildman–Crippen LogP) is 4.68. The van der Waals surface area contributed by atoms with E-state index in [9.17, 15) is 0 Å². The zero-order valence-electron chi connectivity index (χ0n) is 18.6. The van der Waals surface area contributed by atoms with Crippen molar-refractivity contribution in [3.8, 4) is 0 Å². The molecule has 0 aromatic heterocycles. The van der Waals surface area contributed by atoms with E-state index in [1.165, 1.54) is 19.5 Å². The molecule has 1 heterocycles. The number of piperidine rings is 1. The first-order chi connectivity index (χ1) is 12.9. The molecule has 1 aliphatic carbocycles. The molecule has 1 saturated heterocycles. The molecule has 2 rings (SSSR count). The number of nitrogens with zero attached hydrogens (tertiary/aromatic N) is 2. The Morgan fingerprint density at radius 1 is 0.963 bits per heavy atom. The Morgan fingerprint density at radius 2 is 1.48 bits per heavy atom. The van der Waals surface area contributed by atoms with Crippen molar-refractivity contribution in [3.63, 3.8) is 0 Å². The molecule has 1 spiro atoms. The van der Waals surface area contributed by atoms with E-state index in [1.54, 1.807) is 0 Å². The molecule has 1 fully saturated rings. The lowest BCUT2D eigenvalue weighted by Crippen LogP contribution is -2.43. The SMILES string of the molecule is CCCC1(CCC)C(OC)=CC2(C=C1OC)CCN(CCCN(C)C)CC2. The van der Waals surface area contributed by atoms with Crippen LogP contribution in [0.15, 0.2) is 23.7 Å². The molecule has 0 unspecified atom stereocenters. The Bertz CT molecular complexity index is 484. The monoisotopic (exact) mass is 378 g/mol. The summed E-state index contributed by atoms with van der Waals surface area (Å²) in [5.74, 6) is 2.29. The molecule has 2 aliphatic rings. The normalized spacial score (nSPS) is 21.9. The maximum atomic E-state index is 6.01. The molecular formula is C23H42N2O2. The third-order valence-corrected chi connectivity index (χ3v) is 6.44. The molecule has 0 amide bonds. The van der Waals surface area contributed by atoms with Crippen molar-refractivity contribution < 1.29 is 9.47 Å². The first-order valence-electron chi connectivity index (χ1n) is 10.9. The molecule has 0 aromatic rings. The Hall–Kier alpha value is -1.00. The summed E-state index contributed by atoms with van der Waals surface area (Å²) >= 11 is 0. The first kappa shape index (κ1) is 22.3. The summed E-state index contributed by atoms with van der Waals surface area (Å²) in [5, 5.41) is 0. The van der Waals surface area contributed by atoms with Crippen LogP contribution in [-0.2, 0) is 9.47 Å². The van der Waals surface area contributed by atoms with Crippen molar-refractivity contribution in [2.75, 3.05) is 54.5 Å². The lowest BCUT2D eigenvalue weighted by Gasteiger charge is -2.46. The fourth-order valence-corrected chi connectivity index (χ4v) is 5.03. The second-order valence-electron chi connectivity index (χ2n) is 8.74. The number of rotatable bonds is 10. The molecule has 0 saturated carbocycles. The van der Waals surface area contributed by atoms with Crippen LogP contribution in [0, 0.1) is 10.8 Å². The molecule has 156 valence electrons. The largest absolute Gasteiger partial charge is 0.500 e.